The molecule has 2 aromatic carbocycles. The summed E-state index contributed by atoms with van der Waals surface area (Å²) in [5.74, 6) is 0.0352. The Morgan fingerprint density at radius 3 is 2.57 bits per heavy atom. The highest BCUT2D eigenvalue weighted by Gasteiger charge is 2.26. The zero-order chi connectivity index (χ0) is 20.8. The van der Waals surface area contributed by atoms with Gasteiger partial charge in [-0.25, -0.2) is 4.68 Å². The maximum absolute atomic E-state index is 12.4. The first-order valence-electron chi connectivity index (χ1n) is 10.5. The molecule has 3 aromatic rings. The van der Waals surface area contributed by atoms with Crippen molar-refractivity contribution in [3.05, 3.63) is 84.2 Å². The number of nitrogens with zero attached hydrogens (tertiary/aromatic N) is 4. The second kappa shape index (κ2) is 9.69. The molecule has 0 spiro atoms. The van der Waals surface area contributed by atoms with Crippen molar-refractivity contribution >= 4 is 5.91 Å². The summed E-state index contributed by atoms with van der Waals surface area (Å²) >= 11 is 0. The molecule has 0 bridgehead atoms. The Morgan fingerprint density at radius 2 is 1.80 bits per heavy atom. The highest BCUT2D eigenvalue weighted by atomic mass is 16.1. The average molecular weight is 404 g/mol. The van der Waals surface area contributed by atoms with Crippen LogP contribution in [-0.2, 0) is 11.2 Å². The van der Waals surface area contributed by atoms with E-state index in [9.17, 15) is 4.79 Å². The molecule has 6 heteroatoms. The van der Waals surface area contributed by atoms with Gasteiger partial charge in [0.2, 0.25) is 5.91 Å². The van der Waals surface area contributed by atoms with Crippen LogP contribution in [0.25, 0.3) is 5.69 Å². The molecule has 0 unspecified atom stereocenters. The highest BCUT2D eigenvalue weighted by Crippen LogP contribution is 2.24. The number of rotatable bonds is 7. The standard InChI is InChI=1S/C24H29N5O/c1-27-14-15-28(23(19-27)21-8-4-2-5-9-21)13-12-25-24(30)16-20-17-26-29(18-20)22-10-6-3-7-11-22/h2-11,17-18,23H,12-16,19H2,1H3,(H,25,30)/t23-/m1/s1. The number of aromatic nitrogens is 2. The first-order valence-corrected chi connectivity index (χ1v) is 10.5. The van der Waals surface area contributed by atoms with E-state index in [0.29, 0.717) is 19.0 Å². The lowest BCUT2D eigenvalue weighted by molar-refractivity contribution is -0.120. The maximum atomic E-state index is 12.4. The van der Waals surface area contributed by atoms with Crippen LogP contribution in [0.2, 0.25) is 0 Å². The van der Waals surface area contributed by atoms with Gasteiger partial charge in [0.25, 0.3) is 0 Å². The van der Waals surface area contributed by atoms with Crippen molar-refractivity contribution in [1.82, 2.24) is 24.9 Å². The third-order valence-electron chi connectivity index (χ3n) is 5.62. The minimum atomic E-state index is 0.0352. The van der Waals surface area contributed by atoms with Crippen LogP contribution in [0.5, 0.6) is 0 Å². The number of hydrogen-bond acceptors (Lipinski definition) is 4. The van der Waals surface area contributed by atoms with Gasteiger partial charge in [0.05, 0.1) is 18.3 Å². The predicted octanol–water partition coefficient (Wildman–Crippen LogP) is 2.52. The monoisotopic (exact) mass is 403 g/mol. The lowest BCUT2D eigenvalue weighted by Gasteiger charge is -2.40. The summed E-state index contributed by atoms with van der Waals surface area (Å²) in [7, 11) is 2.17. The van der Waals surface area contributed by atoms with Gasteiger partial charge < -0.3 is 10.2 Å². The van der Waals surface area contributed by atoms with E-state index in [1.165, 1.54) is 5.56 Å². The molecule has 1 N–H and O–H groups in total. The van der Waals surface area contributed by atoms with E-state index in [1.54, 1.807) is 10.9 Å². The van der Waals surface area contributed by atoms with Crippen LogP contribution in [0.3, 0.4) is 0 Å². The summed E-state index contributed by atoms with van der Waals surface area (Å²) < 4.78 is 1.80. The number of nitrogens with one attached hydrogen (secondary N) is 1. The third kappa shape index (κ3) is 5.14. The van der Waals surface area contributed by atoms with Crippen LogP contribution in [0.4, 0.5) is 0 Å². The second-order valence-electron chi connectivity index (χ2n) is 7.88. The van der Waals surface area contributed by atoms with Gasteiger partial charge in [0.15, 0.2) is 0 Å². The molecule has 0 aliphatic carbocycles. The van der Waals surface area contributed by atoms with Crippen molar-refractivity contribution in [3.63, 3.8) is 0 Å². The largest absolute Gasteiger partial charge is 0.355 e. The molecule has 156 valence electrons. The fraction of sp³-hybridized carbons (Fsp3) is 0.333. The zero-order valence-corrected chi connectivity index (χ0v) is 17.4. The van der Waals surface area contributed by atoms with Gasteiger partial charge in [0.1, 0.15) is 0 Å². The molecule has 1 saturated heterocycles. The molecule has 1 fully saturated rings. The summed E-state index contributed by atoms with van der Waals surface area (Å²) in [5, 5.41) is 7.45. The Bertz CT molecular complexity index is 940. The predicted molar refractivity (Wildman–Crippen MR) is 119 cm³/mol. The number of piperazine rings is 1. The summed E-state index contributed by atoms with van der Waals surface area (Å²) in [6.45, 7) is 4.57. The van der Waals surface area contributed by atoms with Crippen molar-refractivity contribution in [2.45, 2.75) is 12.5 Å². The first-order chi connectivity index (χ1) is 14.7. The number of amides is 1. The summed E-state index contributed by atoms with van der Waals surface area (Å²) in [5.41, 5.74) is 3.24. The van der Waals surface area contributed by atoms with Crippen LogP contribution in [0.1, 0.15) is 17.2 Å². The SMILES string of the molecule is CN1CCN(CCNC(=O)Cc2cnn(-c3ccccc3)c2)[C@@H](c2ccccc2)C1. The Balaban J connectivity index is 1.28. The van der Waals surface area contributed by atoms with E-state index in [2.05, 4.69) is 57.6 Å². The molecule has 4 rings (SSSR count). The second-order valence-corrected chi connectivity index (χ2v) is 7.88. The van der Waals surface area contributed by atoms with Crippen LogP contribution < -0.4 is 5.32 Å². The van der Waals surface area contributed by atoms with Crippen molar-refractivity contribution in [1.29, 1.82) is 0 Å². The smallest absolute Gasteiger partial charge is 0.224 e. The minimum absolute atomic E-state index is 0.0352. The summed E-state index contributed by atoms with van der Waals surface area (Å²) in [4.78, 5) is 17.3. The summed E-state index contributed by atoms with van der Waals surface area (Å²) in [6.07, 6.45) is 4.02. The van der Waals surface area contributed by atoms with E-state index < -0.39 is 0 Å². The van der Waals surface area contributed by atoms with Gasteiger partial charge in [-0.1, -0.05) is 48.5 Å². The number of carbonyl (C=O) groups excluding carboxylic acids is 1. The number of para-hydroxylation sites is 1. The fourth-order valence-electron chi connectivity index (χ4n) is 3.98. The third-order valence-corrected chi connectivity index (χ3v) is 5.62. The van der Waals surface area contributed by atoms with Crippen molar-refractivity contribution in [2.75, 3.05) is 39.8 Å². The van der Waals surface area contributed by atoms with Gasteiger partial charge in [-0.3, -0.25) is 9.69 Å². The molecule has 0 saturated carbocycles. The van der Waals surface area contributed by atoms with Crippen molar-refractivity contribution in [2.24, 2.45) is 0 Å². The normalized spacial score (nSPS) is 17.7. The van der Waals surface area contributed by atoms with Gasteiger partial charge >= 0.3 is 0 Å². The maximum Gasteiger partial charge on any atom is 0.224 e. The molecule has 1 aromatic heterocycles. The van der Waals surface area contributed by atoms with Crippen LogP contribution >= 0.6 is 0 Å². The Kier molecular flexibility index (Phi) is 6.57. The van der Waals surface area contributed by atoms with Crippen LogP contribution in [-0.4, -0.2) is 65.3 Å². The topological polar surface area (TPSA) is 53.4 Å². The molecular weight excluding hydrogens is 374 g/mol. The zero-order valence-electron chi connectivity index (χ0n) is 17.4. The molecule has 30 heavy (non-hydrogen) atoms. The van der Waals surface area contributed by atoms with Gasteiger partial charge in [-0.15, -0.1) is 0 Å². The molecule has 0 radical (unpaired) electrons. The molecule has 6 nitrogen and oxygen atoms in total. The van der Waals surface area contributed by atoms with E-state index >= 15 is 0 Å². The Hall–Kier alpha value is -2.96. The molecule has 1 aliphatic rings. The van der Waals surface area contributed by atoms with Gasteiger partial charge in [-0.05, 0) is 30.3 Å². The Morgan fingerprint density at radius 1 is 1.07 bits per heavy atom. The van der Waals surface area contributed by atoms with Gasteiger partial charge in [0, 0.05) is 45.0 Å². The van der Waals surface area contributed by atoms with Gasteiger partial charge in [-0.2, -0.15) is 5.10 Å². The molecule has 2 heterocycles. The van der Waals surface area contributed by atoms with Crippen molar-refractivity contribution in [3.8, 4) is 5.69 Å². The molecule has 1 aliphatic heterocycles. The first kappa shape index (κ1) is 20.3. The van der Waals surface area contributed by atoms with E-state index in [0.717, 1.165) is 37.4 Å². The average Bonchev–Trinajstić information content (AvgIpc) is 3.24. The number of likely N-dealkylation sites (N-methyl/N-ethyl adjacent to an activating group) is 1. The molecule has 1 amide bonds. The lowest BCUT2D eigenvalue weighted by atomic mass is 10.0. The fourth-order valence-corrected chi connectivity index (χ4v) is 3.98. The summed E-state index contributed by atoms with van der Waals surface area (Å²) in [6, 6.07) is 20.9. The number of carbonyl (C=O) groups is 1. The number of benzene rings is 2. The minimum Gasteiger partial charge on any atom is -0.355 e. The Labute approximate surface area is 178 Å². The van der Waals surface area contributed by atoms with E-state index in [4.69, 9.17) is 0 Å². The number of hydrogen-bond donors (Lipinski definition) is 1. The highest BCUT2D eigenvalue weighted by molar-refractivity contribution is 5.78. The molecular formula is C24H29N5O. The van der Waals surface area contributed by atoms with E-state index in [1.807, 2.05) is 36.5 Å². The van der Waals surface area contributed by atoms with Crippen molar-refractivity contribution < 1.29 is 4.79 Å². The lowest BCUT2D eigenvalue weighted by Crippen LogP contribution is -2.49. The molecule has 1 atom stereocenters. The van der Waals surface area contributed by atoms with Crippen LogP contribution in [0.15, 0.2) is 73.1 Å². The van der Waals surface area contributed by atoms with E-state index in [-0.39, 0.29) is 5.91 Å². The quantitative estimate of drug-likeness (QED) is 0.659. The van der Waals surface area contributed by atoms with Crippen LogP contribution in [0, 0.1) is 0 Å².